The molecule has 0 radical (unpaired) electrons. The van der Waals surface area contributed by atoms with Gasteiger partial charge in [0.05, 0.1) is 4.90 Å². The quantitative estimate of drug-likeness (QED) is 0.755. The van der Waals surface area contributed by atoms with Crippen LogP contribution in [0.15, 0.2) is 29.2 Å². The summed E-state index contributed by atoms with van der Waals surface area (Å²) in [5.74, 6) is 0. The van der Waals surface area contributed by atoms with Crippen molar-refractivity contribution in [2.45, 2.75) is 23.5 Å². The summed E-state index contributed by atoms with van der Waals surface area (Å²) in [6.07, 6.45) is 2.14. The summed E-state index contributed by atoms with van der Waals surface area (Å²) in [6.45, 7) is 2.09. The van der Waals surface area contributed by atoms with Crippen LogP contribution in [0.5, 0.6) is 0 Å². The number of hydrogen-bond acceptors (Lipinski definition) is 4. The first kappa shape index (κ1) is 15.1. The van der Waals surface area contributed by atoms with Gasteiger partial charge in [0.1, 0.15) is 0 Å². The van der Waals surface area contributed by atoms with Crippen molar-refractivity contribution in [3.63, 3.8) is 0 Å². The van der Waals surface area contributed by atoms with Gasteiger partial charge in [-0.15, -0.1) is 0 Å². The minimum Gasteiger partial charge on any atom is -0.399 e. The summed E-state index contributed by atoms with van der Waals surface area (Å²) in [5, 5.41) is -0.0338. The maximum absolute atomic E-state index is 11.9. The number of rotatable bonds is 6. The van der Waals surface area contributed by atoms with Crippen LogP contribution < -0.4 is 10.5 Å². The molecule has 0 spiro atoms. The SMILES string of the molecule is CC(CCNS(=O)(=O)c1cccc(N)c1)S(C)=O. The highest BCUT2D eigenvalue weighted by Gasteiger charge is 2.14. The molecule has 0 saturated heterocycles. The number of hydrogen-bond donors (Lipinski definition) is 2. The first-order valence-corrected chi connectivity index (χ1v) is 8.61. The smallest absolute Gasteiger partial charge is 0.240 e. The highest BCUT2D eigenvalue weighted by Crippen LogP contribution is 2.12. The second kappa shape index (κ2) is 6.31. The van der Waals surface area contributed by atoms with Crippen LogP contribution in [-0.4, -0.2) is 30.7 Å². The fourth-order valence-corrected chi connectivity index (χ4v) is 2.88. The second-order valence-corrected chi connectivity index (χ2v) is 7.64. The van der Waals surface area contributed by atoms with E-state index < -0.39 is 20.8 Å². The molecule has 102 valence electrons. The minimum atomic E-state index is -3.53. The Morgan fingerprint density at radius 1 is 1.44 bits per heavy atom. The van der Waals surface area contributed by atoms with E-state index in [4.69, 9.17) is 5.73 Å². The van der Waals surface area contributed by atoms with Crippen LogP contribution in [0.1, 0.15) is 13.3 Å². The zero-order chi connectivity index (χ0) is 13.8. The van der Waals surface area contributed by atoms with Crippen LogP contribution in [0.25, 0.3) is 0 Å². The Hall–Kier alpha value is -0.920. The predicted octanol–water partition coefficient (Wildman–Crippen LogP) is 0.704. The van der Waals surface area contributed by atoms with Crippen LogP contribution in [0.2, 0.25) is 0 Å². The Labute approximate surface area is 110 Å². The summed E-state index contributed by atoms with van der Waals surface area (Å²) in [7, 11) is -4.47. The largest absolute Gasteiger partial charge is 0.399 e. The van der Waals surface area contributed by atoms with E-state index in [0.29, 0.717) is 12.1 Å². The van der Waals surface area contributed by atoms with Gasteiger partial charge in [-0.05, 0) is 24.6 Å². The summed E-state index contributed by atoms with van der Waals surface area (Å²) in [6, 6.07) is 6.11. The van der Waals surface area contributed by atoms with E-state index in [9.17, 15) is 12.6 Å². The Balaban J connectivity index is 2.64. The fraction of sp³-hybridized carbons (Fsp3) is 0.455. The minimum absolute atomic E-state index is 0.0338. The first-order valence-electron chi connectivity index (χ1n) is 5.50. The third kappa shape index (κ3) is 4.40. The number of nitrogen functional groups attached to an aromatic ring is 1. The van der Waals surface area contributed by atoms with E-state index in [1.54, 1.807) is 18.4 Å². The van der Waals surface area contributed by atoms with Crippen molar-refractivity contribution < 1.29 is 12.6 Å². The van der Waals surface area contributed by atoms with Gasteiger partial charge in [-0.1, -0.05) is 13.0 Å². The molecule has 1 aromatic carbocycles. The molecule has 0 amide bonds. The molecule has 2 unspecified atom stereocenters. The van der Waals surface area contributed by atoms with Crippen LogP contribution >= 0.6 is 0 Å². The molecule has 0 heterocycles. The molecule has 5 nitrogen and oxygen atoms in total. The van der Waals surface area contributed by atoms with Gasteiger partial charge < -0.3 is 5.73 Å². The number of nitrogens with two attached hydrogens (primary N) is 1. The maximum Gasteiger partial charge on any atom is 0.240 e. The van der Waals surface area contributed by atoms with E-state index in [-0.39, 0.29) is 16.7 Å². The first-order chi connectivity index (χ1) is 8.33. The molecule has 0 fully saturated rings. The lowest BCUT2D eigenvalue weighted by atomic mass is 10.3. The second-order valence-electron chi connectivity index (χ2n) is 4.07. The van der Waals surface area contributed by atoms with Gasteiger partial charge in [0.25, 0.3) is 0 Å². The normalized spacial score (nSPS) is 15.2. The number of sulfonamides is 1. The monoisotopic (exact) mass is 290 g/mol. The van der Waals surface area contributed by atoms with Crippen molar-refractivity contribution in [3.05, 3.63) is 24.3 Å². The molecule has 0 aliphatic carbocycles. The Bertz CT molecular complexity index is 529. The van der Waals surface area contributed by atoms with Gasteiger partial charge in [-0.25, -0.2) is 13.1 Å². The lowest BCUT2D eigenvalue weighted by Gasteiger charge is -2.10. The molecule has 0 saturated carbocycles. The number of anilines is 1. The molecule has 0 aliphatic heterocycles. The van der Waals surface area contributed by atoms with Crippen LogP contribution in [0.4, 0.5) is 5.69 Å². The molecular weight excluding hydrogens is 272 g/mol. The molecule has 1 aromatic rings. The lowest BCUT2D eigenvalue weighted by Crippen LogP contribution is -2.27. The average molecular weight is 290 g/mol. The predicted molar refractivity (Wildman–Crippen MR) is 74.2 cm³/mol. The zero-order valence-corrected chi connectivity index (χ0v) is 12.1. The molecule has 2 atom stereocenters. The summed E-state index contributed by atoms with van der Waals surface area (Å²) < 4.78 is 37.4. The number of benzene rings is 1. The Morgan fingerprint density at radius 3 is 2.67 bits per heavy atom. The van der Waals surface area contributed by atoms with E-state index in [1.807, 2.05) is 6.92 Å². The summed E-state index contributed by atoms with van der Waals surface area (Å²) >= 11 is 0. The summed E-state index contributed by atoms with van der Waals surface area (Å²) in [4.78, 5) is 0.146. The van der Waals surface area contributed by atoms with Gasteiger partial charge in [0.15, 0.2) is 0 Å². The van der Waals surface area contributed by atoms with Crippen molar-refractivity contribution in [1.29, 1.82) is 0 Å². The van der Waals surface area contributed by atoms with Crippen LogP contribution in [0, 0.1) is 0 Å². The molecule has 3 N–H and O–H groups in total. The molecule has 0 aromatic heterocycles. The molecule has 0 bridgehead atoms. The lowest BCUT2D eigenvalue weighted by molar-refractivity contribution is 0.578. The van der Waals surface area contributed by atoms with E-state index in [1.165, 1.54) is 12.1 Å². The Morgan fingerprint density at radius 2 is 2.11 bits per heavy atom. The number of nitrogens with one attached hydrogen (secondary N) is 1. The molecule has 1 rings (SSSR count). The van der Waals surface area contributed by atoms with Crippen molar-refractivity contribution in [1.82, 2.24) is 4.72 Å². The maximum atomic E-state index is 11.9. The van der Waals surface area contributed by atoms with Crippen LogP contribution in [0.3, 0.4) is 0 Å². The van der Waals surface area contributed by atoms with E-state index >= 15 is 0 Å². The van der Waals surface area contributed by atoms with Crippen molar-refractivity contribution in [3.8, 4) is 0 Å². The highest BCUT2D eigenvalue weighted by atomic mass is 32.2. The average Bonchev–Trinajstić information content (AvgIpc) is 2.28. The highest BCUT2D eigenvalue weighted by molar-refractivity contribution is 7.89. The van der Waals surface area contributed by atoms with E-state index in [0.717, 1.165) is 0 Å². The third-order valence-electron chi connectivity index (χ3n) is 2.58. The van der Waals surface area contributed by atoms with Crippen molar-refractivity contribution in [2.75, 3.05) is 18.5 Å². The summed E-state index contributed by atoms with van der Waals surface area (Å²) in [5.41, 5.74) is 5.94. The molecule has 18 heavy (non-hydrogen) atoms. The fourth-order valence-electron chi connectivity index (χ4n) is 1.33. The topological polar surface area (TPSA) is 89.3 Å². The van der Waals surface area contributed by atoms with E-state index in [2.05, 4.69) is 4.72 Å². The van der Waals surface area contributed by atoms with Crippen molar-refractivity contribution >= 4 is 26.5 Å². The van der Waals surface area contributed by atoms with Crippen molar-refractivity contribution in [2.24, 2.45) is 0 Å². The van der Waals surface area contributed by atoms with Gasteiger partial charge in [-0.2, -0.15) is 0 Å². The Kier molecular flexibility index (Phi) is 5.30. The molecule has 0 aliphatic rings. The third-order valence-corrected chi connectivity index (χ3v) is 5.41. The zero-order valence-electron chi connectivity index (χ0n) is 10.4. The van der Waals surface area contributed by atoms with Gasteiger partial charge in [0, 0.05) is 34.5 Å². The van der Waals surface area contributed by atoms with Gasteiger partial charge in [-0.3, -0.25) is 4.21 Å². The van der Waals surface area contributed by atoms with Gasteiger partial charge in [0.2, 0.25) is 10.0 Å². The van der Waals surface area contributed by atoms with Crippen LogP contribution in [-0.2, 0) is 20.8 Å². The molecular formula is C11H18N2O3S2. The molecule has 7 heteroatoms. The van der Waals surface area contributed by atoms with Gasteiger partial charge >= 0.3 is 0 Å². The standard InChI is InChI=1S/C11H18N2O3S2/c1-9(17(2)14)6-7-13-18(15,16)11-5-3-4-10(12)8-11/h3-5,8-9,13H,6-7,12H2,1-2H3.